The highest BCUT2D eigenvalue weighted by molar-refractivity contribution is 6.42. The minimum atomic E-state index is 0.197. The summed E-state index contributed by atoms with van der Waals surface area (Å²) >= 11 is 18.1. The molecular formula is C14H14Cl3N3. The van der Waals surface area contributed by atoms with Crippen LogP contribution in [0.4, 0.5) is 11.5 Å². The van der Waals surface area contributed by atoms with Crippen LogP contribution < -0.4 is 5.32 Å². The van der Waals surface area contributed by atoms with E-state index in [9.17, 15) is 0 Å². The molecule has 106 valence electrons. The lowest BCUT2D eigenvalue weighted by molar-refractivity contribution is 0.773. The number of anilines is 2. The van der Waals surface area contributed by atoms with Gasteiger partial charge in [0.05, 0.1) is 10.0 Å². The van der Waals surface area contributed by atoms with Crippen molar-refractivity contribution in [3.8, 4) is 0 Å². The third-order valence-electron chi connectivity index (χ3n) is 2.80. The van der Waals surface area contributed by atoms with Crippen molar-refractivity contribution in [1.29, 1.82) is 0 Å². The van der Waals surface area contributed by atoms with Gasteiger partial charge in [0, 0.05) is 17.2 Å². The van der Waals surface area contributed by atoms with E-state index in [0.29, 0.717) is 26.8 Å². The highest BCUT2D eigenvalue weighted by Crippen LogP contribution is 2.29. The lowest BCUT2D eigenvalue weighted by Crippen LogP contribution is -2.05. The van der Waals surface area contributed by atoms with Gasteiger partial charge in [0.15, 0.2) is 0 Å². The van der Waals surface area contributed by atoms with Gasteiger partial charge in [-0.05, 0) is 25.1 Å². The second-order valence-corrected chi connectivity index (χ2v) is 5.93. The second kappa shape index (κ2) is 6.17. The number of nitrogens with one attached hydrogen (secondary N) is 1. The van der Waals surface area contributed by atoms with Gasteiger partial charge in [-0.2, -0.15) is 0 Å². The van der Waals surface area contributed by atoms with Crippen LogP contribution in [0.5, 0.6) is 0 Å². The zero-order chi connectivity index (χ0) is 14.9. The van der Waals surface area contributed by atoms with Gasteiger partial charge in [-0.3, -0.25) is 0 Å². The summed E-state index contributed by atoms with van der Waals surface area (Å²) in [6.07, 6.45) is 0. The van der Waals surface area contributed by atoms with Crippen LogP contribution in [0.25, 0.3) is 0 Å². The van der Waals surface area contributed by atoms with Crippen molar-refractivity contribution < 1.29 is 0 Å². The van der Waals surface area contributed by atoms with Gasteiger partial charge < -0.3 is 5.32 Å². The molecule has 0 amide bonds. The van der Waals surface area contributed by atoms with E-state index in [1.807, 2.05) is 26.8 Å². The van der Waals surface area contributed by atoms with Crippen LogP contribution in [0.1, 0.15) is 31.2 Å². The quantitative estimate of drug-likeness (QED) is 0.743. The molecule has 0 saturated heterocycles. The number of aromatic nitrogens is 2. The summed E-state index contributed by atoms with van der Waals surface area (Å²) < 4.78 is 0. The summed E-state index contributed by atoms with van der Waals surface area (Å²) in [7, 11) is 0. The zero-order valence-electron chi connectivity index (χ0n) is 11.3. The Morgan fingerprint density at radius 3 is 2.35 bits per heavy atom. The Morgan fingerprint density at radius 1 is 1.05 bits per heavy atom. The number of nitrogens with zero attached hydrogens (tertiary/aromatic N) is 2. The molecule has 0 radical (unpaired) electrons. The standard InChI is InChI=1S/C14H14Cl3N3/c1-7(2)13-19-12(17)8(3)14(20-13)18-9-4-5-10(15)11(16)6-9/h4-7H,1-3H3,(H,18,19,20). The van der Waals surface area contributed by atoms with E-state index in [4.69, 9.17) is 34.8 Å². The van der Waals surface area contributed by atoms with Gasteiger partial charge in [0.25, 0.3) is 0 Å². The Hall–Kier alpha value is -1.03. The molecule has 0 bridgehead atoms. The minimum absolute atomic E-state index is 0.197. The number of hydrogen-bond donors (Lipinski definition) is 1. The smallest absolute Gasteiger partial charge is 0.138 e. The van der Waals surface area contributed by atoms with Crippen LogP contribution in [0.2, 0.25) is 15.2 Å². The van der Waals surface area contributed by atoms with Crippen molar-refractivity contribution in [2.45, 2.75) is 26.7 Å². The number of hydrogen-bond acceptors (Lipinski definition) is 3. The maximum absolute atomic E-state index is 6.15. The normalized spacial score (nSPS) is 10.9. The SMILES string of the molecule is Cc1c(Cl)nc(C(C)C)nc1Nc1ccc(Cl)c(Cl)c1. The summed E-state index contributed by atoms with van der Waals surface area (Å²) in [6, 6.07) is 5.31. The molecule has 1 aromatic heterocycles. The maximum Gasteiger partial charge on any atom is 0.138 e. The molecule has 0 fully saturated rings. The molecule has 3 nitrogen and oxygen atoms in total. The van der Waals surface area contributed by atoms with Crippen LogP contribution in [-0.4, -0.2) is 9.97 Å². The highest BCUT2D eigenvalue weighted by Gasteiger charge is 2.12. The predicted molar refractivity (Wildman–Crippen MR) is 85.6 cm³/mol. The van der Waals surface area contributed by atoms with Crippen LogP contribution >= 0.6 is 34.8 Å². The number of halogens is 3. The average molecular weight is 331 g/mol. The summed E-state index contributed by atoms with van der Waals surface area (Å²) in [5.41, 5.74) is 1.59. The molecule has 2 aromatic rings. The molecule has 0 aliphatic rings. The predicted octanol–water partition coefficient (Wildman–Crippen LogP) is 5.61. The Morgan fingerprint density at radius 2 is 1.75 bits per heavy atom. The first-order valence-electron chi connectivity index (χ1n) is 6.14. The van der Waals surface area contributed by atoms with Crippen molar-refractivity contribution >= 4 is 46.3 Å². The van der Waals surface area contributed by atoms with E-state index in [2.05, 4.69) is 15.3 Å². The Bertz CT molecular complexity index is 642. The first kappa shape index (κ1) is 15.4. The Balaban J connectivity index is 2.39. The Labute approximate surface area is 133 Å². The summed E-state index contributed by atoms with van der Waals surface area (Å²) in [5, 5.41) is 4.64. The largest absolute Gasteiger partial charge is 0.340 e. The number of benzene rings is 1. The van der Waals surface area contributed by atoms with Crippen LogP contribution in [0.3, 0.4) is 0 Å². The van der Waals surface area contributed by atoms with Gasteiger partial charge in [0.2, 0.25) is 0 Å². The topological polar surface area (TPSA) is 37.8 Å². The fourth-order valence-corrected chi connectivity index (χ4v) is 2.07. The fourth-order valence-electron chi connectivity index (χ4n) is 1.60. The molecule has 0 aliphatic heterocycles. The van der Waals surface area contributed by atoms with Gasteiger partial charge in [-0.1, -0.05) is 48.7 Å². The van der Waals surface area contributed by atoms with E-state index >= 15 is 0 Å². The zero-order valence-corrected chi connectivity index (χ0v) is 13.6. The molecule has 0 atom stereocenters. The van der Waals surface area contributed by atoms with Crippen molar-refractivity contribution in [3.63, 3.8) is 0 Å². The highest BCUT2D eigenvalue weighted by atomic mass is 35.5. The van der Waals surface area contributed by atoms with Crippen molar-refractivity contribution in [2.75, 3.05) is 5.32 Å². The van der Waals surface area contributed by atoms with E-state index in [1.165, 1.54) is 0 Å². The van der Waals surface area contributed by atoms with Crippen molar-refractivity contribution in [2.24, 2.45) is 0 Å². The monoisotopic (exact) mass is 329 g/mol. The summed E-state index contributed by atoms with van der Waals surface area (Å²) in [6.45, 7) is 5.90. The van der Waals surface area contributed by atoms with E-state index < -0.39 is 0 Å². The minimum Gasteiger partial charge on any atom is -0.340 e. The molecule has 0 unspecified atom stereocenters. The lowest BCUT2D eigenvalue weighted by Gasteiger charge is -2.13. The van der Waals surface area contributed by atoms with E-state index in [0.717, 1.165) is 11.3 Å². The molecule has 0 aliphatic carbocycles. The van der Waals surface area contributed by atoms with E-state index in [-0.39, 0.29) is 5.92 Å². The summed E-state index contributed by atoms with van der Waals surface area (Å²) in [4.78, 5) is 8.77. The first-order valence-corrected chi connectivity index (χ1v) is 7.28. The fraction of sp³-hybridized carbons (Fsp3) is 0.286. The molecule has 1 N–H and O–H groups in total. The molecule has 1 heterocycles. The van der Waals surface area contributed by atoms with Gasteiger partial charge >= 0.3 is 0 Å². The van der Waals surface area contributed by atoms with E-state index in [1.54, 1.807) is 12.1 Å². The Kier molecular flexibility index (Phi) is 4.74. The second-order valence-electron chi connectivity index (χ2n) is 4.75. The van der Waals surface area contributed by atoms with Crippen LogP contribution in [0, 0.1) is 6.92 Å². The van der Waals surface area contributed by atoms with Crippen molar-refractivity contribution in [3.05, 3.63) is 44.8 Å². The lowest BCUT2D eigenvalue weighted by atomic mass is 10.2. The van der Waals surface area contributed by atoms with Gasteiger partial charge in [0.1, 0.15) is 16.8 Å². The molecule has 0 spiro atoms. The van der Waals surface area contributed by atoms with Gasteiger partial charge in [-0.15, -0.1) is 0 Å². The maximum atomic E-state index is 6.15. The molecule has 20 heavy (non-hydrogen) atoms. The first-order chi connectivity index (χ1) is 9.38. The molecule has 1 aromatic carbocycles. The van der Waals surface area contributed by atoms with Crippen LogP contribution in [-0.2, 0) is 0 Å². The molecular weight excluding hydrogens is 317 g/mol. The molecule has 6 heteroatoms. The van der Waals surface area contributed by atoms with Crippen LogP contribution in [0.15, 0.2) is 18.2 Å². The molecule has 2 rings (SSSR count). The van der Waals surface area contributed by atoms with Crippen molar-refractivity contribution in [1.82, 2.24) is 9.97 Å². The third kappa shape index (κ3) is 3.35. The number of rotatable bonds is 3. The average Bonchev–Trinajstić information content (AvgIpc) is 2.38. The molecule has 0 saturated carbocycles. The van der Waals surface area contributed by atoms with Gasteiger partial charge in [-0.25, -0.2) is 9.97 Å². The summed E-state index contributed by atoms with van der Waals surface area (Å²) in [5.74, 6) is 1.57. The third-order valence-corrected chi connectivity index (χ3v) is 3.91.